The Morgan fingerprint density at radius 3 is 2.50 bits per heavy atom. The largest absolute Gasteiger partial charge is 0.381 e. The lowest BCUT2D eigenvalue weighted by atomic mass is 10.1. The van der Waals surface area contributed by atoms with Gasteiger partial charge in [-0.2, -0.15) is 0 Å². The Morgan fingerprint density at radius 2 is 2.14 bits per heavy atom. The summed E-state index contributed by atoms with van der Waals surface area (Å²) in [4.78, 5) is 13.2. The molecule has 0 radical (unpaired) electrons. The van der Waals surface area contributed by atoms with Crippen molar-refractivity contribution < 1.29 is 9.90 Å². The van der Waals surface area contributed by atoms with Gasteiger partial charge in [0.1, 0.15) is 10.6 Å². The summed E-state index contributed by atoms with van der Waals surface area (Å²) in [6.07, 6.45) is 0. The summed E-state index contributed by atoms with van der Waals surface area (Å²) in [5, 5.41) is 12.4. The number of hydrogen-bond acceptors (Lipinski definition) is 3. The molecule has 0 aliphatic rings. The van der Waals surface area contributed by atoms with Crippen LogP contribution in [0.1, 0.15) is 19.4 Å². The summed E-state index contributed by atoms with van der Waals surface area (Å²) >= 11 is 1.50. The van der Waals surface area contributed by atoms with Crippen LogP contribution in [0.15, 0.2) is 11.4 Å². The molecular formula is C10H15NO2S. The Kier molecular flexibility index (Phi) is 2.97. The predicted molar refractivity (Wildman–Crippen MR) is 58.8 cm³/mol. The molecule has 78 valence electrons. The number of anilines is 1. The maximum atomic E-state index is 11.7. The monoisotopic (exact) mass is 213 g/mol. The molecule has 1 aromatic rings. The van der Waals surface area contributed by atoms with Crippen LogP contribution in [-0.2, 0) is 4.79 Å². The van der Waals surface area contributed by atoms with Crippen LogP contribution in [0.4, 0.5) is 5.00 Å². The van der Waals surface area contributed by atoms with Crippen LogP contribution in [0.25, 0.3) is 0 Å². The molecule has 1 heterocycles. The van der Waals surface area contributed by atoms with E-state index in [1.165, 1.54) is 30.1 Å². The molecule has 0 aliphatic heterocycles. The van der Waals surface area contributed by atoms with Gasteiger partial charge < -0.3 is 10.0 Å². The fourth-order valence-electron chi connectivity index (χ4n) is 1.21. The number of amides is 1. The van der Waals surface area contributed by atoms with Gasteiger partial charge in [0.05, 0.1) is 0 Å². The van der Waals surface area contributed by atoms with E-state index >= 15 is 0 Å². The molecule has 0 spiro atoms. The van der Waals surface area contributed by atoms with Crippen molar-refractivity contribution in [2.45, 2.75) is 26.4 Å². The minimum absolute atomic E-state index is 0.289. The summed E-state index contributed by atoms with van der Waals surface area (Å²) in [5.74, 6) is -0.289. The predicted octanol–water partition coefficient (Wildman–Crippen LogP) is 1.79. The first-order valence-electron chi connectivity index (χ1n) is 4.38. The second-order valence-corrected chi connectivity index (χ2v) is 4.73. The first kappa shape index (κ1) is 11.2. The molecule has 1 N–H and O–H groups in total. The van der Waals surface area contributed by atoms with Crippen molar-refractivity contribution in [1.29, 1.82) is 0 Å². The van der Waals surface area contributed by atoms with Gasteiger partial charge in [-0.15, -0.1) is 11.3 Å². The minimum atomic E-state index is -1.31. The highest BCUT2D eigenvalue weighted by molar-refractivity contribution is 7.14. The van der Waals surface area contributed by atoms with Crippen LogP contribution in [0.3, 0.4) is 0 Å². The van der Waals surface area contributed by atoms with E-state index in [4.69, 9.17) is 0 Å². The molecule has 1 aromatic heterocycles. The zero-order valence-electron chi connectivity index (χ0n) is 8.87. The molecule has 0 aliphatic carbocycles. The summed E-state index contributed by atoms with van der Waals surface area (Å²) < 4.78 is 0. The van der Waals surface area contributed by atoms with Gasteiger partial charge in [-0.25, -0.2) is 0 Å². The Balaban J connectivity index is 2.92. The van der Waals surface area contributed by atoms with Gasteiger partial charge in [0.2, 0.25) is 0 Å². The molecule has 0 bridgehead atoms. The number of aliphatic hydroxyl groups is 1. The molecule has 1 amide bonds. The van der Waals surface area contributed by atoms with Crippen LogP contribution in [0.2, 0.25) is 0 Å². The number of carbonyl (C=O) groups is 1. The molecule has 4 heteroatoms. The number of likely N-dealkylation sites (N-methyl/N-ethyl adjacent to an activating group) is 1. The van der Waals surface area contributed by atoms with Crippen molar-refractivity contribution >= 4 is 22.2 Å². The lowest BCUT2D eigenvalue weighted by Gasteiger charge is -2.24. The van der Waals surface area contributed by atoms with Crippen molar-refractivity contribution in [3.05, 3.63) is 17.0 Å². The Labute approximate surface area is 88.0 Å². The number of thiophene rings is 1. The van der Waals surface area contributed by atoms with E-state index in [0.29, 0.717) is 0 Å². The van der Waals surface area contributed by atoms with Crippen molar-refractivity contribution in [2.75, 3.05) is 11.9 Å². The topological polar surface area (TPSA) is 40.5 Å². The first-order chi connectivity index (χ1) is 6.34. The van der Waals surface area contributed by atoms with E-state index < -0.39 is 5.60 Å². The minimum Gasteiger partial charge on any atom is -0.381 e. The smallest absolute Gasteiger partial charge is 0.258 e. The quantitative estimate of drug-likeness (QED) is 0.813. The van der Waals surface area contributed by atoms with Crippen LogP contribution in [0.5, 0.6) is 0 Å². The Morgan fingerprint density at radius 1 is 1.57 bits per heavy atom. The average molecular weight is 213 g/mol. The molecule has 14 heavy (non-hydrogen) atoms. The normalized spacial score (nSPS) is 11.5. The third-order valence-electron chi connectivity index (χ3n) is 1.97. The third-order valence-corrected chi connectivity index (χ3v) is 3.06. The van der Waals surface area contributed by atoms with E-state index in [9.17, 15) is 9.90 Å². The summed E-state index contributed by atoms with van der Waals surface area (Å²) in [6.45, 7) is 4.93. The van der Waals surface area contributed by atoms with Crippen LogP contribution in [-0.4, -0.2) is 23.7 Å². The Bertz CT molecular complexity index is 338. The highest BCUT2D eigenvalue weighted by atomic mass is 32.1. The summed E-state index contributed by atoms with van der Waals surface area (Å²) in [7, 11) is 1.68. The molecule has 1 rings (SSSR count). The van der Waals surface area contributed by atoms with Crippen molar-refractivity contribution in [3.8, 4) is 0 Å². The second-order valence-electron chi connectivity index (χ2n) is 3.83. The molecule has 0 saturated carbocycles. The highest BCUT2D eigenvalue weighted by Crippen LogP contribution is 2.27. The molecule has 0 atom stereocenters. The van der Waals surface area contributed by atoms with Crippen LogP contribution < -0.4 is 4.90 Å². The lowest BCUT2D eigenvalue weighted by molar-refractivity contribution is -0.133. The fourth-order valence-corrected chi connectivity index (χ4v) is 2.11. The van der Waals surface area contributed by atoms with E-state index in [1.807, 2.05) is 18.4 Å². The lowest BCUT2D eigenvalue weighted by Crippen LogP contribution is -2.43. The maximum Gasteiger partial charge on any atom is 0.258 e. The van der Waals surface area contributed by atoms with Crippen molar-refractivity contribution in [1.82, 2.24) is 0 Å². The van der Waals surface area contributed by atoms with Gasteiger partial charge in [0, 0.05) is 7.05 Å². The van der Waals surface area contributed by atoms with Gasteiger partial charge in [-0.3, -0.25) is 4.79 Å². The van der Waals surface area contributed by atoms with Crippen LogP contribution in [0, 0.1) is 6.92 Å². The van der Waals surface area contributed by atoms with Crippen LogP contribution >= 0.6 is 11.3 Å². The van der Waals surface area contributed by atoms with Crippen molar-refractivity contribution in [3.63, 3.8) is 0 Å². The number of hydrogen-bond donors (Lipinski definition) is 1. The van der Waals surface area contributed by atoms with E-state index in [1.54, 1.807) is 7.05 Å². The SMILES string of the molecule is Cc1ccsc1N(C)C(=O)C(C)(C)O. The molecule has 0 fully saturated rings. The zero-order valence-corrected chi connectivity index (χ0v) is 9.68. The van der Waals surface area contributed by atoms with Gasteiger partial charge in [0.15, 0.2) is 0 Å². The van der Waals surface area contributed by atoms with Gasteiger partial charge >= 0.3 is 0 Å². The maximum absolute atomic E-state index is 11.7. The zero-order chi connectivity index (χ0) is 10.9. The number of aryl methyl sites for hydroxylation is 1. The standard InChI is InChI=1S/C10H15NO2S/c1-7-5-6-14-8(7)11(4)9(12)10(2,3)13/h5-6,13H,1-4H3. The molecular weight excluding hydrogens is 198 g/mol. The number of nitrogens with zero attached hydrogens (tertiary/aromatic N) is 1. The molecule has 0 aromatic carbocycles. The summed E-state index contributed by atoms with van der Waals surface area (Å²) in [5.41, 5.74) is -0.263. The van der Waals surface area contributed by atoms with E-state index in [-0.39, 0.29) is 5.91 Å². The fraction of sp³-hybridized carbons (Fsp3) is 0.500. The second kappa shape index (κ2) is 3.71. The first-order valence-corrected chi connectivity index (χ1v) is 5.26. The molecule has 0 saturated heterocycles. The van der Waals surface area contributed by atoms with Gasteiger partial charge in [0.25, 0.3) is 5.91 Å². The van der Waals surface area contributed by atoms with Gasteiger partial charge in [-0.05, 0) is 37.8 Å². The highest BCUT2D eigenvalue weighted by Gasteiger charge is 2.28. The number of carbonyl (C=O) groups excluding carboxylic acids is 1. The number of rotatable bonds is 2. The van der Waals surface area contributed by atoms with Crippen molar-refractivity contribution in [2.24, 2.45) is 0 Å². The van der Waals surface area contributed by atoms with E-state index in [2.05, 4.69) is 0 Å². The molecule has 3 nitrogen and oxygen atoms in total. The van der Waals surface area contributed by atoms with E-state index in [0.717, 1.165) is 10.6 Å². The molecule has 0 unspecified atom stereocenters. The average Bonchev–Trinajstić information content (AvgIpc) is 2.47. The Hall–Kier alpha value is -0.870. The summed E-state index contributed by atoms with van der Waals surface area (Å²) in [6, 6.07) is 1.95. The van der Waals surface area contributed by atoms with Gasteiger partial charge in [-0.1, -0.05) is 0 Å². The third kappa shape index (κ3) is 2.13.